The molecule has 38 heavy (non-hydrogen) atoms. The lowest BCUT2D eigenvalue weighted by molar-refractivity contribution is 0.0990. The summed E-state index contributed by atoms with van der Waals surface area (Å²) in [5, 5.41) is 0.809. The van der Waals surface area contributed by atoms with Crippen molar-refractivity contribution in [2.24, 2.45) is 0 Å². The van der Waals surface area contributed by atoms with Gasteiger partial charge in [0.05, 0.1) is 10.6 Å². The van der Waals surface area contributed by atoms with Crippen LogP contribution < -0.4 is 9.21 Å². The van der Waals surface area contributed by atoms with E-state index in [1.807, 2.05) is 37.3 Å². The summed E-state index contributed by atoms with van der Waals surface area (Å²) in [7, 11) is -9.44. The molecule has 0 aliphatic carbocycles. The maximum atomic E-state index is 13.7. The number of hydrogen-bond acceptors (Lipinski definition) is 4. The Morgan fingerprint density at radius 2 is 1.47 bits per heavy atom. The Bertz CT molecular complexity index is 1640. The second kappa shape index (κ2) is 11.1. The first-order valence-electron chi connectivity index (χ1n) is 11.3. The molecule has 0 spiro atoms. The van der Waals surface area contributed by atoms with Gasteiger partial charge in [-0.1, -0.05) is 65.7 Å². The van der Waals surface area contributed by atoms with Crippen LogP contribution in [0.2, 0.25) is 10.0 Å². The highest BCUT2D eigenvalue weighted by atomic mass is 35.5. The topological polar surface area (TPSA) is 115 Å². The molecule has 4 aromatic carbocycles. The van der Waals surface area contributed by atoms with Crippen molar-refractivity contribution in [1.82, 2.24) is 0 Å². The third-order valence-corrected chi connectivity index (χ3v) is 8.78. The predicted octanol–water partition coefficient (Wildman–Crippen LogP) is 6.14. The van der Waals surface area contributed by atoms with Crippen molar-refractivity contribution in [2.45, 2.75) is 11.8 Å². The molecule has 0 aliphatic heterocycles. The number of amides is 1. The number of fused-ring (bicyclic) bond motifs is 1. The number of benzene rings is 4. The fraction of sp³-hybridized carbons (Fsp3) is 0.115. The van der Waals surface area contributed by atoms with E-state index in [9.17, 15) is 27.6 Å². The van der Waals surface area contributed by atoms with Gasteiger partial charge in [0.1, 0.15) is 6.29 Å². The van der Waals surface area contributed by atoms with Gasteiger partial charge in [0.25, 0.3) is 15.9 Å². The molecule has 0 saturated heterocycles. The average molecular weight is 593 g/mol. The van der Waals surface area contributed by atoms with E-state index in [1.165, 1.54) is 18.2 Å². The van der Waals surface area contributed by atoms with E-state index in [1.54, 1.807) is 29.2 Å². The van der Waals surface area contributed by atoms with E-state index in [2.05, 4.69) is 0 Å². The van der Waals surface area contributed by atoms with Crippen LogP contribution in [0.3, 0.4) is 0 Å². The average Bonchev–Trinajstić information content (AvgIpc) is 2.86. The molecule has 0 saturated carbocycles. The van der Waals surface area contributed by atoms with Crippen molar-refractivity contribution in [3.63, 3.8) is 0 Å². The highest BCUT2D eigenvalue weighted by Crippen LogP contribution is 2.42. The molecule has 1 amide bonds. The van der Waals surface area contributed by atoms with Crippen molar-refractivity contribution >= 4 is 68.9 Å². The largest absolute Gasteiger partial charge is 0.345 e. The number of carbonyl (C=O) groups is 1. The Hall–Kier alpha value is -2.91. The summed E-state index contributed by atoms with van der Waals surface area (Å²) in [4.78, 5) is 34.5. The smallest absolute Gasteiger partial charge is 0.323 e. The van der Waals surface area contributed by atoms with Crippen LogP contribution in [0.1, 0.15) is 17.3 Å². The summed E-state index contributed by atoms with van der Waals surface area (Å²) >= 11 is 12.0. The van der Waals surface area contributed by atoms with Gasteiger partial charge in [-0.3, -0.25) is 13.7 Å². The standard InChI is InChI=1S/C26H23Cl2N2O6PS/c1-2-29(20-8-4-3-5-9-20)26(31)24-12-6-11-23-22(24)10-7-13-25(23)30(17-37(32,33)34)38(35,36)21-15-18(27)14-19(28)16-21/h3-16H,2,17H2,1H3,(H2,32,33,34). The quantitative estimate of drug-likeness (QED) is 0.237. The number of sulfonamides is 1. The normalized spacial score (nSPS) is 11.9. The Balaban J connectivity index is 1.91. The van der Waals surface area contributed by atoms with Crippen LogP contribution in [0, 0.1) is 0 Å². The van der Waals surface area contributed by atoms with Gasteiger partial charge in [-0.25, -0.2) is 8.42 Å². The van der Waals surface area contributed by atoms with Crippen molar-refractivity contribution in [2.75, 3.05) is 22.0 Å². The van der Waals surface area contributed by atoms with Crippen LogP contribution in [0.25, 0.3) is 10.8 Å². The fourth-order valence-corrected chi connectivity index (χ4v) is 7.57. The second-order valence-electron chi connectivity index (χ2n) is 8.33. The molecular formula is C26H23Cl2N2O6PS. The lowest BCUT2D eigenvalue weighted by Crippen LogP contribution is -2.32. The van der Waals surface area contributed by atoms with Crippen LogP contribution in [0.15, 0.2) is 89.8 Å². The number of rotatable bonds is 8. The van der Waals surface area contributed by atoms with E-state index in [4.69, 9.17) is 23.2 Å². The zero-order valence-corrected chi connectivity index (χ0v) is 23.3. The Morgan fingerprint density at radius 3 is 2.08 bits per heavy atom. The summed E-state index contributed by atoms with van der Waals surface area (Å²) in [6.45, 7) is 2.22. The van der Waals surface area contributed by atoms with E-state index >= 15 is 0 Å². The molecule has 0 fully saturated rings. The van der Waals surface area contributed by atoms with Crippen LogP contribution in [0.4, 0.5) is 11.4 Å². The van der Waals surface area contributed by atoms with Gasteiger partial charge in [-0.05, 0) is 54.8 Å². The van der Waals surface area contributed by atoms with Gasteiger partial charge in [0, 0.05) is 33.2 Å². The molecule has 198 valence electrons. The number of nitrogens with zero attached hydrogens (tertiary/aromatic N) is 2. The first kappa shape index (κ1) is 28.1. The highest BCUT2D eigenvalue weighted by molar-refractivity contribution is 7.93. The molecule has 0 unspecified atom stereocenters. The third-order valence-electron chi connectivity index (χ3n) is 5.76. The SMILES string of the molecule is CCN(C(=O)c1cccc2c(N(CP(=O)(O)O)S(=O)(=O)c3cc(Cl)cc(Cl)c3)cccc12)c1ccccc1. The van der Waals surface area contributed by atoms with Gasteiger partial charge in [0.15, 0.2) is 0 Å². The van der Waals surface area contributed by atoms with Crippen LogP contribution in [-0.2, 0) is 14.6 Å². The van der Waals surface area contributed by atoms with Gasteiger partial charge in [0.2, 0.25) is 0 Å². The number of anilines is 2. The summed E-state index contributed by atoms with van der Waals surface area (Å²) < 4.78 is 40.1. The van der Waals surface area contributed by atoms with Crippen LogP contribution >= 0.6 is 30.8 Å². The minimum absolute atomic E-state index is 0.0145. The summed E-state index contributed by atoms with van der Waals surface area (Å²) in [5.41, 5.74) is 0.977. The van der Waals surface area contributed by atoms with Gasteiger partial charge in [-0.2, -0.15) is 0 Å². The van der Waals surface area contributed by atoms with Crippen molar-refractivity contribution in [3.05, 3.63) is 101 Å². The van der Waals surface area contributed by atoms with Gasteiger partial charge < -0.3 is 14.7 Å². The van der Waals surface area contributed by atoms with Gasteiger partial charge in [-0.15, -0.1) is 0 Å². The van der Waals surface area contributed by atoms with Gasteiger partial charge >= 0.3 is 7.60 Å². The predicted molar refractivity (Wildman–Crippen MR) is 151 cm³/mol. The molecule has 4 aromatic rings. The zero-order chi connectivity index (χ0) is 27.7. The van der Waals surface area contributed by atoms with Crippen LogP contribution in [0.5, 0.6) is 0 Å². The molecular weight excluding hydrogens is 570 g/mol. The lowest BCUT2D eigenvalue weighted by Gasteiger charge is -2.27. The minimum Gasteiger partial charge on any atom is -0.323 e. The Kier molecular flexibility index (Phi) is 8.18. The molecule has 4 rings (SSSR count). The minimum atomic E-state index is -4.89. The van der Waals surface area contributed by atoms with Crippen molar-refractivity contribution < 1.29 is 27.6 Å². The van der Waals surface area contributed by atoms with E-state index in [-0.39, 0.29) is 26.5 Å². The van der Waals surface area contributed by atoms with E-state index in [0.29, 0.717) is 32.9 Å². The number of hydrogen-bond donors (Lipinski definition) is 2. The fourth-order valence-electron chi connectivity index (χ4n) is 4.15. The van der Waals surface area contributed by atoms with Crippen LogP contribution in [-0.4, -0.2) is 36.9 Å². The Labute approximate surface area is 230 Å². The first-order chi connectivity index (χ1) is 17.9. The highest BCUT2D eigenvalue weighted by Gasteiger charge is 2.33. The molecule has 0 bridgehead atoms. The summed E-state index contributed by atoms with van der Waals surface area (Å²) in [6, 6.07) is 22.1. The van der Waals surface area contributed by atoms with E-state index < -0.39 is 23.9 Å². The van der Waals surface area contributed by atoms with E-state index in [0.717, 1.165) is 12.1 Å². The monoisotopic (exact) mass is 592 g/mol. The molecule has 0 radical (unpaired) electrons. The Morgan fingerprint density at radius 1 is 0.868 bits per heavy atom. The zero-order valence-electron chi connectivity index (χ0n) is 20.0. The lowest BCUT2D eigenvalue weighted by atomic mass is 10.0. The number of para-hydroxylation sites is 1. The third kappa shape index (κ3) is 5.89. The number of carbonyl (C=O) groups excluding carboxylic acids is 1. The van der Waals surface area contributed by atoms with Crippen molar-refractivity contribution in [3.8, 4) is 0 Å². The second-order valence-corrected chi connectivity index (χ2v) is 12.7. The maximum Gasteiger partial charge on any atom is 0.345 e. The molecule has 0 aromatic heterocycles. The molecule has 0 atom stereocenters. The maximum absolute atomic E-state index is 13.7. The molecule has 12 heteroatoms. The first-order valence-corrected chi connectivity index (χ1v) is 15.3. The number of halogens is 2. The molecule has 0 heterocycles. The van der Waals surface area contributed by atoms with Crippen molar-refractivity contribution in [1.29, 1.82) is 0 Å². The molecule has 8 nitrogen and oxygen atoms in total. The molecule has 0 aliphatic rings. The molecule has 2 N–H and O–H groups in total. The summed E-state index contributed by atoms with van der Waals surface area (Å²) in [5.74, 6) is -0.313. The summed E-state index contributed by atoms with van der Waals surface area (Å²) in [6.07, 6.45) is -1.14.